The summed E-state index contributed by atoms with van der Waals surface area (Å²) in [7, 11) is 0. The van der Waals surface area contributed by atoms with Gasteiger partial charge in [-0.2, -0.15) is 0 Å². The number of rotatable bonds is 3. The summed E-state index contributed by atoms with van der Waals surface area (Å²) in [4.78, 5) is 19.6. The van der Waals surface area contributed by atoms with E-state index in [1.165, 1.54) is 5.69 Å². The highest BCUT2D eigenvalue weighted by atomic mass is 16.2. The maximum Gasteiger partial charge on any atom is 0.254 e. The molecule has 2 aliphatic rings. The van der Waals surface area contributed by atoms with Crippen molar-refractivity contribution >= 4 is 11.6 Å². The number of piperazine rings is 2. The fourth-order valence-corrected chi connectivity index (χ4v) is 3.62. The molecular weight excluding hydrogens is 300 g/mol. The van der Waals surface area contributed by atoms with E-state index in [4.69, 9.17) is 0 Å². The molecule has 0 aromatic heterocycles. The molecule has 1 aromatic rings. The van der Waals surface area contributed by atoms with Crippen molar-refractivity contribution in [2.45, 2.75) is 32.9 Å². The van der Waals surface area contributed by atoms with E-state index >= 15 is 0 Å². The Bertz CT molecular complexity index is 549. The molecule has 0 bridgehead atoms. The SMILES string of the molecule is CC(C)N1CCN(c2ccc(C(=O)N3CCNCC3C)cc2)CC1. The van der Waals surface area contributed by atoms with Gasteiger partial charge in [-0.3, -0.25) is 9.69 Å². The van der Waals surface area contributed by atoms with Crippen LogP contribution < -0.4 is 10.2 Å². The van der Waals surface area contributed by atoms with E-state index < -0.39 is 0 Å². The number of anilines is 1. The van der Waals surface area contributed by atoms with E-state index in [1.54, 1.807) is 0 Å². The van der Waals surface area contributed by atoms with Gasteiger partial charge in [-0.15, -0.1) is 0 Å². The Morgan fingerprint density at radius 1 is 1.08 bits per heavy atom. The first-order valence-electron chi connectivity index (χ1n) is 9.17. The standard InChI is InChI=1S/C19H30N4O/c1-15(2)21-10-12-22(13-11-21)18-6-4-17(5-7-18)19(24)23-9-8-20-14-16(23)3/h4-7,15-16,20H,8-14H2,1-3H3. The molecule has 5 heteroatoms. The maximum absolute atomic E-state index is 12.7. The first-order chi connectivity index (χ1) is 11.6. The Balaban J connectivity index is 1.62. The number of amides is 1. The highest BCUT2D eigenvalue weighted by molar-refractivity contribution is 5.94. The van der Waals surface area contributed by atoms with Crippen LogP contribution in [0.15, 0.2) is 24.3 Å². The predicted molar refractivity (Wildman–Crippen MR) is 98.7 cm³/mol. The highest BCUT2D eigenvalue weighted by Crippen LogP contribution is 2.19. The van der Waals surface area contributed by atoms with E-state index in [1.807, 2.05) is 17.0 Å². The number of hydrogen-bond donors (Lipinski definition) is 1. The number of carbonyl (C=O) groups is 1. The molecule has 5 nitrogen and oxygen atoms in total. The van der Waals surface area contributed by atoms with Crippen LogP contribution in [0.1, 0.15) is 31.1 Å². The minimum absolute atomic E-state index is 0.153. The molecular formula is C19H30N4O. The molecule has 0 spiro atoms. The summed E-state index contributed by atoms with van der Waals surface area (Å²) < 4.78 is 0. The minimum atomic E-state index is 0.153. The van der Waals surface area contributed by atoms with E-state index in [0.717, 1.165) is 51.4 Å². The average molecular weight is 330 g/mol. The van der Waals surface area contributed by atoms with Crippen molar-refractivity contribution in [2.24, 2.45) is 0 Å². The summed E-state index contributed by atoms with van der Waals surface area (Å²) in [6.45, 7) is 13.5. The summed E-state index contributed by atoms with van der Waals surface area (Å²) in [5.41, 5.74) is 2.02. The van der Waals surface area contributed by atoms with Gasteiger partial charge in [0.15, 0.2) is 0 Å². The number of hydrogen-bond acceptors (Lipinski definition) is 4. The van der Waals surface area contributed by atoms with Gasteiger partial charge in [0, 0.05) is 69.1 Å². The van der Waals surface area contributed by atoms with Gasteiger partial charge in [0.2, 0.25) is 0 Å². The van der Waals surface area contributed by atoms with Crippen molar-refractivity contribution in [1.82, 2.24) is 15.1 Å². The quantitative estimate of drug-likeness (QED) is 0.915. The van der Waals surface area contributed by atoms with Gasteiger partial charge in [-0.05, 0) is 45.0 Å². The van der Waals surface area contributed by atoms with Crippen molar-refractivity contribution in [3.8, 4) is 0 Å². The third kappa shape index (κ3) is 3.73. The van der Waals surface area contributed by atoms with Crippen LogP contribution in [0.25, 0.3) is 0 Å². The van der Waals surface area contributed by atoms with Gasteiger partial charge in [0.05, 0.1) is 0 Å². The maximum atomic E-state index is 12.7. The van der Waals surface area contributed by atoms with Crippen LogP contribution >= 0.6 is 0 Å². The molecule has 1 atom stereocenters. The molecule has 1 unspecified atom stereocenters. The van der Waals surface area contributed by atoms with Crippen LogP contribution in [0.3, 0.4) is 0 Å². The summed E-state index contributed by atoms with van der Waals surface area (Å²) in [5, 5.41) is 3.33. The monoisotopic (exact) mass is 330 g/mol. The number of nitrogens with zero attached hydrogens (tertiary/aromatic N) is 3. The van der Waals surface area contributed by atoms with Crippen molar-refractivity contribution < 1.29 is 4.79 Å². The van der Waals surface area contributed by atoms with Crippen LogP contribution in [0.4, 0.5) is 5.69 Å². The van der Waals surface area contributed by atoms with Crippen molar-refractivity contribution in [3.63, 3.8) is 0 Å². The molecule has 1 N–H and O–H groups in total. The highest BCUT2D eigenvalue weighted by Gasteiger charge is 2.24. The van der Waals surface area contributed by atoms with Gasteiger partial charge in [-0.25, -0.2) is 0 Å². The molecule has 1 aromatic carbocycles. The lowest BCUT2D eigenvalue weighted by Gasteiger charge is -2.38. The predicted octanol–water partition coefficient (Wildman–Crippen LogP) is 1.65. The van der Waals surface area contributed by atoms with Gasteiger partial charge < -0.3 is 15.1 Å². The van der Waals surface area contributed by atoms with E-state index in [2.05, 4.69) is 48.0 Å². The summed E-state index contributed by atoms with van der Waals surface area (Å²) in [6.07, 6.45) is 0. The summed E-state index contributed by atoms with van der Waals surface area (Å²) in [5.74, 6) is 0.153. The Morgan fingerprint density at radius 2 is 1.75 bits per heavy atom. The van der Waals surface area contributed by atoms with Crippen LogP contribution in [-0.4, -0.2) is 73.6 Å². The molecule has 3 rings (SSSR count). The first kappa shape index (κ1) is 17.2. The molecule has 2 saturated heterocycles. The van der Waals surface area contributed by atoms with Gasteiger partial charge >= 0.3 is 0 Å². The van der Waals surface area contributed by atoms with Crippen molar-refractivity contribution in [2.75, 3.05) is 50.7 Å². The molecule has 2 heterocycles. The molecule has 0 saturated carbocycles. The summed E-state index contributed by atoms with van der Waals surface area (Å²) >= 11 is 0. The first-order valence-corrected chi connectivity index (χ1v) is 9.17. The van der Waals surface area contributed by atoms with E-state index in [9.17, 15) is 4.79 Å². The van der Waals surface area contributed by atoms with Crippen LogP contribution in [0.5, 0.6) is 0 Å². The Labute approximate surface area is 145 Å². The Kier molecular flexibility index (Phi) is 5.41. The fourth-order valence-electron chi connectivity index (χ4n) is 3.62. The average Bonchev–Trinajstić information content (AvgIpc) is 2.62. The largest absolute Gasteiger partial charge is 0.369 e. The lowest BCUT2D eigenvalue weighted by molar-refractivity contribution is 0.0656. The smallest absolute Gasteiger partial charge is 0.254 e. The van der Waals surface area contributed by atoms with E-state index in [0.29, 0.717) is 6.04 Å². The normalized spacial score (nSPS) is 22.9. The zero-order valence-corrected chi connectivity index (χ0v) is 15.2. The fraction of sp³-hybridized carbons (Fsp3) is 0.632. The molecule has 0 aliphatic carbocycles. The third-order valence-corrected chi connectivity index (χ3v) is 5.29. The van der Waals surface area contributed by atoms with E-state index in [-0.39, 0.29) is 11.9 Å². The molecule has 132 valence electrons. The second kappa shape index (κ2) is 7.53. The van der Waals surface area contributed by atoms with Crippen LogP contribution in [0, 0.1) is 0 Å². The summed E-state index contributed by atoms with van der Waals surface area (Å²) in [6, 6.07) is 9.06. The Hall–Kier alpha value is -1.59. The minimum Gasteiger partial charge on any atom is -0.369 e. The Morgan fingerprint density at radius 3 is 2.33 bits per heavy atom. The van der Waals surface area contributed by atoms with Crippen LogP contribution in [-0.2, 0) is 0 Å². The number of benzene rings is 1. The van der Waals surface area contributed by atoms with Crippen molar-refractivity contribution in [1.29, 1.82) is 0 Å². The lowest BCUT2D eigenvalue weighted by Crippen LogP contribution is -2.52. The molecule has 2 fully saturated rings. The molecule has 24 heavy (non-hydrogen) atoms. The van der Waals surface area contributed by atoms with Crippen molar-refractivity contribution in [3.05, 3.63) is 29.8 Å². The van der Waals surface area contributed by atoms with Gasteiger partial charge in [0.25, 0.3) is 5.91 Å². The molecule has 2 aliphatic heterocycles. The molecule has 0 radical (unpaired) electrons. The number of nitrogens with one attached hydrogen (secondary N) is 1. The second-order valence-corrected chi connectivity index (χ2v) is 7.22. The molecule has 1 amide bonds. The van der Waals surface area contributed by atoms with Gasteiger partial charge in [-0.1, -0.05) is 0 Å². The zero-order chi connectivity index (χ0) is 17.1. The van der Waals surface area contributed by atoms with Gasteiger partial charge in [0.1, 0.15) is 0 Å². The lowest BCUT2D eigenvalue weighted by atomic mass is 10.1. The number of carbonyl (C=O) groups excluding carboxylic acids is 1. The topological polar surface area (TPSA) is 38.8 Å². The third-order valence-electron chi connectivity index (χ3n) is 5.29. The second-order valence-electron chi connectivity index (χ2n) is 7.22. The zero-order valence-electron chi connectivity index (χ0n) is 15.2. The van der Waals surface area contributed by atoms with Crippen LogP contribution in [0.2, 0.25) is 0 Å².